The van der Waals surface area contributed by atoms with Crippen LogP contribution in [0.15, 0.2) is 47.7 Å². The van der Waals surface area contributed by atoms with Crippen molar-refractivity contribution in [1.29, 1.82) is 0 Å². The molecular formula is C18H25NO3. The van der Waals surface area contributed by atoms with E-state index in [0.717, 1.165) is 31.0 Å². The molecule has 3 rings (SSSR count). The second kappa shape index (κ2) is 6.21. The van der Waals surface area contributed by atoms with Crippen LogP contribution in [0.3, 0.4) is 0 Å². The Balaban J connectivity index is 1.89. The van der Waals surface area contributed by atoms with Gasteiger partial charge in [-0.05, 0) is 50.8 Å². The number of allylic oxidation sites excluding steroid dienone is 5. The Hall–Kier alpha value is -1.68. The lowest BCUT2D eigenvalue weighted by atomic mass is 9.89. The van der Waals surface area contributed by atoms with Crippen LogP contribution in [0, 0.1) is 5.41 Å². The molecule has 1 aliphatic heterocycles. The fourth-order valence-corrected chi connectivity index (χ4v) is 3.10. The van der Waals surface area contributed by atoms with Gasteiger partial charge in [-0.3, -0.25) is 0 Å². The smallest absolute Gasteiger partial charge is 0.127 e. The summed E-state index contributed by atoms with van der Waals surface area (Å²) in [6.07, 6.45) is 14.0. The predicted octanol–water partition coefficient (Wildman–Crippen LogP) is 3.18. The van der Waals surface area contributed by atoms with Crippen LogP contribution in [0.4, 0.5) is 0 Å². The van der Waals surface area contributed by atoms with E-state index in [4.69, 9.17) is 19.9 Å². The van der Waals surface area contributed by atoms with Crippen molar-refractivity contribution in [3.8, 4) is 0 Å². The van der Waals surface area contributed by atoms with Gasteiger partial charge in [0.05, 0.1) is 20.0 Å². The summed E-state index contributed by atoms with van der Waals surface area (Å²) in [6.45, 7) is 2.77. The van der Waals surface area contributed by atoms with E-state index < -0.39 is 0 Å². The van der Waals surface area contributed by atoms with Gasteiger partial charge >= 0.3 is 0 Å². The summed E-state index contributed by atoms with van der Waals surface area (Å²) in [5, 5.41) is 0. The number of nitrogens with two attached hydrogens (primary N) is 1. The molecule has 2 aliphatic carbocycles. The topological polar surface area (TPSA) is 53.7 Å². The van der Waals surface area contributed by atoms with Crippen LogP contribution in [0.2, 0.25) is 0 Å². The van der Waals surface area contributed by atoms with E-state index in [1.807, 2.05) is 25.2 Å². The first-order valence-corrected chi connectivity index (χ1v) is 8.01. The lowest BCUT2D eigenvalue weighted by molar-refractivity contribution is 0.0425. The molecule has 0 bridgehead atoms. The van der Waals surface area contributed by atoms with Gasteiger partial charge in [-0.1, -0.05) is 6.08 Å². The third-order valence-corrected chi connectivity index (χ3v) is 4.59. The summed E-state index contributed by atoms with van der Waals surface area (Å²) in [7, 11) is 1.64. The summed E-state index contributed by atoms with van der Waals surface area (Å²) < 4.78 is 17.1. The van der Waals surface area contributed by atoms with E-state index in [1.165, 1.54) is 18.4 Å². The Bertz CT molecular complexity index is 535. The predicted molar refractivity (Wildman–Crippen MR) is 85.8 cm³/mol. The summed E-state index contributed by atoms with van der Waals surface area (Å²) in [4.78, 5) is 0. The van der Waals surface area contributed by atoms with Gasteiger partial charge < -0.3 is 19.9 Å². The highest BCUT2D eigenvalue weighted by molar-refractivity contribution is 5.47. The Morgan fingerprint density at radius 2 is 2.14 bits per heavy atom. The quantitative estimate of drug-likeness (QED) is 0.793. The number of methoxy groups -OCH3 is 1. The van der Waals surface area contributed by atoms with Gasteiger partial charge in [0.2, 0.25) is 0 Å². The molecule has 3 fully saturated rings. The molecule has 0 amide bonds. The molecule has 0 atom stereocenters. The van der Waals surface area contributed by atoms with Gasteiger partial charge in [0.15, 0.2) is 0 Å². The number of rotatable bonds is 5. The number of ether oxygens (including phenoxy) is 3. The molecule has 0 radical (unpaired) electrons. The second-order valence-electron chi connectivity index (χ2n) is 6.37. The van der Waals surface area contributed by atoms with Crippen LogP contribution in [-0.2, 0) is 14.2 Å². The minimum atomic E-state index is 0.160. The van der Waals surface area contributed by atoms with Crippen molar-refractivity contribution in [1.82, 2.24) is 0 Å². The van der Waals surface area contributed by atoms with Crippen LogP contribution < -0.4 is 5.73 Å². The Kier molecular flexibility index (Phi) is 4.30. The van der Waals surface area contributed by atoms with Crippen molar-refractivity contribution in [3.63, 3.8) is 0 Å². The summed E-state index contributed by atoms with van der Waals surface area (Å²) in [5.74, 6) is 1.86. The van der Waals surface area contributed by atoms with Crippen LogP contribution >= 0.6 is 0 Å². The van der Waals surface area contributed by atoms with Gasteiger partial charge in [-0.15, -0.1) is 0 Å². The first-order valence-electron chi connectivity index (χ1n) is 8.01. The molecule has 4 nitrogen and oxygen atoms in total. The van der Waals surface area contributed by atoms with Crippen LogP contribution in [0.25, 0.3) is 0 Å². The highest BCUT2D eigenvalue weighted by atomic mass is 16.5. The first kappa shape index (κ1) is 15.2. The van der Waals surface area contributed by atoms with Gasteiger partial charge in [0.25, 0.3) is 0 Å². The minimum Gasteiger partial charge on any atom is -0.504 e. The van der Waals surface area contributed by atoms with Crippen molar-refractivity contribution >= 4 is 0 Å². The lowest BCUT2D eigenvalue weighted by Gasteiger charge is -2.33. The maximum absolute atomic E-state index is 6.23. The lowest BCUT2D eigenvalue weighted by Crippen LogP contribution is -2.41. The molecule has 0 aromatic rings. The average molecular weight is 303 g/mol. The largest absolute Gasteiger partial charge is 0.504 e. The van der Waals surface area contributed by atoms with E-state index in [0.29, 0.717) is 0 Å². The van der Waals surface area contributed by atoms with Crippen LogP contribution in [0.1, 0.15) is 32.6 Å². The molecule has 120 valence electrons. The molecule has 2 N–H and O–H groups in total. The van der Waals surface area contributed by atoms with E-state index in [9.17, 15) is 0 Å². The third-order valence-electron chi connectivity index (χ3n) is 4.59. The summed E-state index contributed by atoms with van der Waals surface area (Å²) in [6, 6.07) is 0.288. The van der Waals surface area contributed by atoms with Crippen molar-refractivity contribution in [2.45, 2.75) is 44.8 Å². The van der Waals surface area contributed by atoms with Crippen LogP contribution in [-0.4, -0.2) is 25.9 Å². The third kappa shape index (κ3) is 2.93. The average Bonchev–Trinajstić information content (AvgIpc) is 3.14. The van der Waals surface area contributed by atoms with Crippen molar-refractivity contribution < 1.29 is 14.2 Å². The normalized spacial score (nSPS) is 33.3. The molecule has 1 saturated heterocycles. The van der Waals surface area contributed by atoms with Crippen LogP contribution in [0.5, 0.6) is 0 Å². The zero-order valence-corrected chi connectivity index (χ0v) is 13.4. The summed E-state index contributed by atoms with van der Waals surface area (Å²) >= 11 is 0. The van der Waals surface area contributed by atoms with Crippen molar-refractivity contribution in [3.05, 3.63) is 47.7 Å². The standard InChI is InChI=1S/C18H25NO3/c1-3-5-16(22-14-10-13(19)11-14)17-15(6-4-9-20-2)21-12-18(17)7-8-18/h3-6,9,13-14H,7-8,10-12,19H2,1-2H3/b5-3-,9-4+,15-6+,17-16-. The molecule has 1 heterocycles. The van der Waals surface area contributed by atoms with Gasteiger partial charge in [0, 0.05) is 17.0 Å². The molecule has 4 heteroatoms. The fourth-order valence-electron chi connectivity index (χ4n) is 3.10. The molecule has 1 spiro atoms. The maximum Gasteiger partial charge on any atom is 0.127 e. The molecule has 2 saturated carbocycles. The molecular weight excluding hydrogens is 278 g/mol. The number of hydrogen-bond acceptors (Lipinski definition) is 4. The van der Waals surface area contributed by atoms with Gasteiger partial charge in [0.1, 0.15) is 17.6 Å². The monoisotopic (exact) mass is 303 g/mol. The van der Waals surface area contributed by atoms with Crippen molar-refractivity contribution in [2.75, 3.05) is 13.7 Å². The van der Waals surface area contributed by atoms with E-state index in [2.05, 4.69) is 6.08 Å². The van der Waals surface area contributed by atoms with E-state index >= 15 is 0 Å². The molecule has 22 heavy (non-hydrogen) atoms. The highest BCUT2D eigenvalue weighted by Gasteiger charge is 2.54. The Labute approximate surface area is 132 Å². The van der Waals surface area contributed by atoms with Crippen molar-refractivity contribution in [2.24, 2.45) is 11.1 Å². The van der Waals surface area contributed by atoms with Gasteiger partial charge in [-0.2, -0.15) is 0 Å². The maximum atomic E-state index is 6.23. The molecule has 0 aromatic carbocycles. The second-order valence-corrected chi connectivity index (χ2v) is 6.37. The number of hydrogen-bond donors (Lipinski definition) is 1. The van der Waals surface area contributed by atoms with Gasteiger partial charge in [-0.25, -0.2) is 0 Å². The first-order chi connectivity index (χ1) is 10.7. The zero-order chi connectivity index (χ0) is 15.6. The zero-order valence-electron chi connectivity index (χ0n) is 13.4. The highest BCUT2D eigenvalue weighted by Crippen LogP contribution is 2.60. The Morgan fingerprint density at radius 1 is 1.36 bits per heavy atom. The minimum absolute atomic E-state index is 0.160. The Morgan fingerprint density at radius 3 is 2.73 bits per heavy atom. The fraction of sp³-hybridized carbons (Fsp3) is 0.556. The SMILES string of the molecule is C\C=C/C(OC1CC(N)C1)=C1\C(=C/C=C/OC)OCC12CC2. The van der Waals surface area contributed by atoms with E-state index in [-0.39, 0.29) is 17.6 Å². The summed E-state index contributed by atoms with van der Waals surface area (Å²) in [5.41, 5.74) is 7.25. The van der Waals surface area contributed by atoms with E-state index in [1.54, 1.807) is 13.4 Å². The molecule has 0 aromatic heterocycles. The molecule has 3 aliphatic rings. The molecule has 0 unspecified atom stereocenters.